The molecule has 0 fully saturated rings. The summed E-state index contributed by atoms with van der Waals surface area (Å²) in [6.07, 6.45) is 0. The lowest BCUT2D eigenvalue weighted by Crippen LogP contribution is -2.01. The van der Waals surface area contributed by atoms with Gasteiger partial charge in [0.15, 0.2) is 0 Å². The number of anilines is 2. The molecule has 1 N–H and O–H groups in total. The van der Waals surface area contributed by atoms with Gasteiger partial charge >= 0.3 is 6.01 Å². The van der Waals surface area contributed by atoms with Crippen molar-refractivity contribution in [1.82, 2.24) is 9.97 Å². The Morgan fingerprint density at radius 3 is 2.47 bits per heavy atom. The van der Waals surface area contributed by atoms with Gasteiger partial charge in [-0.1, -0.05) is 34.8 Å². The molecule has 0 aliphatic carbocycles. The van der Waals surface area contributed by atoms with Gasteiger partial charge in [-0.15, -0.1) is 0 Å². The predicted octanol–water partition coefficient (Wildman–Crippen LogP) is 4.50. The largest absolute Gasteiger partial charge is 0.467 e. The first-order chi connectivity index (χ1) is 9.01. The van der Waals surface area contributed by atoms with Crippen LogP contribution in [0.15, 0.2) is 18.2 Å². The van der Waals surface area contributed by atoms with E-state index in [0.29, 0.717) is 26.6 Å². The van der Waals surface area contributed by atoms with Crippen LogP contribution in [0.2, 0.25) is 15.2 Å². The van der Waals surface area contributed by atoms with Gasteiger partial charge in [-0.05, 0) is 25.1 Å². The Morgan fingerprint density at radius 2 is 1.84 bits per heavy atom. The van der Waals surface area contributed by atoms with Crippen LogP contribution in [0.1, 0.15) is 5.56 Å². The van der Waals surface area contributed by atoms with Crippen LogP contribution < -0.4 is 10.1 Å². The van der Waals surface area contributed by atoms with Crippen molar-refractivity contribution in [2.45, 2.75) is 6.92 Å². The average molecular weight is 319 g/mol. The Labute approximate surface area is 125 Å². The van der Waals surface area contributed by atoms with E-state index in [2.05, 4.69) is 15.3 Å². The number of hydrogen-bond acceptors (Lipinski definition) is 4. The van der Waals surface area contributed by atoms with Crippen LogP contribution in [0.5, 0.6) is 6.01 Å². The third-order valence-electron chi connectivity index (χ3n) is 2.43. The summed E-state index contributed by atoms with van der Waals surface area (Å²) in [5, 5.41) is 4.37. The number of rotatable bonds is 3. The molecular formula is C12H10Cl3N3O. The van der Waals surface area contributed by atoms with E-state index in [1.807, 2.05) is 6.92 Å². The van der Waals surface area contributed by atoms with Gasteiger partial charge in [0.1, 0.15) is 11.0 Å². The third kappa shape index (κ3) is 3.21. The minimum absolute atomic E-state index is 0.193. The quantitative estimate of drug-likeness (QED) is 0.847. The molecule has 0 aliphatic heterocycles. The molecule has 0 spiro atoms. The van der Waals surface area contributed by atoms with E-state index in [0.717, 1.165) is 5.69 Å². The summed E-state index contributed by atoms with van der Waals surface area (Å²) in [6.45, 7) is 1.81. The van der Waals surface area contributed by atoms with Crippen molar-refractivity contribution >= 4 is 46.3 Å². The minimum atomic E-state index is 0.193. The van der Waals surface area contributed by atoms with Gasteiger partial charge in [0, 0.05) is 11.3 Å². The Hall–Kier alpha value is -1.23. The number of nitrogens with one attached hydrogen (secondary N) is 1. The second-order valence-corrected chi connectivity index (χ2v) is 4.90. The standard InChI is InChI=1S/C12H10Cl3N3O/c1-6-10(15)17-12(19-2)18-11(6)16-7-3-4-8(13)9(14)5-7/h3-5H,1-2H3,(H,16,17,18). The zero-order chi connectivity index (χ0) is 14.0. The van der Waals surface area contributed by atoms with E-state index >= 15 is 0 Å². The Bertz CT molecular complexity index is 619. The molecule has 0 amide bonds. The number of benzene rings is 1. The number of nitrogens with zero attached hydrogens (tertiary/aromatic N) is 2. The average Bonchev–Trinajstić information content (AvgIpc) is 2.39. The molecule has 7 heteroatoms. The van der Waals surface area contributed by atoms with Crippen molar-refractivity contribution < 1.29 is 4.74 Å². The van der Waals surface area contributed by atoms with Gasteiger partial charge in [-0.2, -0.15) is 9.97 Å². The molecule has 0 saturated heterocycles. The van der Waals surface area contributed by atoms with Crippen LogP contribution in [0.3, 0.4) is 0 Å². The topological polar surface area (TPSA) is 47.0 Å². The van der Waals surface area contributed by atoms with Crippen molar-refractivity contribution in [1.29, 1.82) is 0 Å². The number of aromatic nitrogens is 2. The lowest BCUT2D eigenvalue weighted by Gasteiger charge is -2.11. The molecule has 0 radical (unpaired) electrons. The minimum Gasteiger partial charge on any atom is -0.467 e. The summed E-state index contributed by atoms with van der Waals surface area (Å²) < 4.78 is 4.98. The molecule has 0 bridgehead atoms. The van der Waals surface area contributed by atoms with Crippen LogP contribution >= 0.6 is 34.8 Å². The second-order valence-electron chi connectivity index (χ2n) is 3.73. The van der Waals surface area contributed by atoms with Crippen molar-refractivity contribution in [3.63, 3.8) is 0 Å². The highest BCUT2D eigenvalue weighted by molar-refractivity contribution is 6.42. The second kappa shape index (κ2) is 5.82. The van der Waals surface area contributed by atoms with Crippen LogP contribution in [0.4, 0.5) is 11.5 Å². The molecule has 100 valence electrons. The molecule has 2 aromatic rings. The first-order valence-electron chi connectivity index (χ1n) is 5.31. The van der Waals surface area contributed by atoms with Crippen LogP contribution in [-0.2, 0) is 0 Å². The first-order valence-corrected chi connectivity index (χ1v) is 6.45. The van der Waals surface area contributed by atoms with E-state index in [-0.39, 0.29) is 6.01 Å². The lowest BCUT2D eigenvalue weighted by atomic mass is 10.3. The first kappa shape index (κ1) is 14.2. The van der Waals surface area contributed by atoms with E-state index in [9.17, 15) is 0 Å². The molecule has 0 atom stereocenters. The van der Waals surface area contributed by atoms with Crippen LogP contribution in [0.25, 0.3) is 0 Å². The highest BCUT2D eigenvalue weighted by Crippen LogP contribution is 2.29. The van der Waals surface area contributed by atoms with E-state index in [1.165, 1.54) is 7.11 Å². The van der Waals surface area contributed by atoms with Gasteiger partial charge < -0.3 is 10.1 Å². The van der Waals surface area contributed by atoms with Crippen LogP contribution in [0, 0.1) is 6.92 Å². The molecule has 0 aliphatic rings. The third-order valence-corrected chi connectivity index (χ3v) is 3.54. The van der Waals surface area contributed by atoms with Gasteiger partial charge in [0.05, 0.1) is 17.2 Å². The maximum absolute atomic E-state index is 6.00. The van der Waals surface area contributed by atoms with Gasteiger partial charge in [-0.25, -0.2) is 0 Å². The van der Waals surface area contributed by atoms with E-state index < -0.39 is 0 Å². The summed E-state index contributed by atoms with van der Waals surface area (Å²) >= 11 is 17.8. The Balaban J connectivity index is 2.37. The number of ether oxygens (including phenoxy) is 1. The van der Waals surface area contributed by atoms with Gasteiger partial charge in [-0.3, -0.25) is 0 Å². The summed E-state index contributed by atoms with van der Waals surface area (Å²) in [5.41, 5.74) is 1.46. The normalized spacial score (nSPS) is 10.4. The molecule has 0 saturated carbocycles. The molecule has 1 heterocycles. The fourth-order valence-corrected chi connectivity index (χ4v) is 1.85. The maximum Gasteiger partial charge on any atom is 0.319 e. The Kier molecular flexibility index (Phi) is 4.34. The van der Waals surface area contributed by atoms with Gasteiger partial charge in [0.2, 0.25) is 0 Å². The summed E-state index contributed by atoms with van der Waals surface area (Å²) in [7, 11) is 1.48. The molecule has 1 aromatic heterocycles. The summed E-state index contributed by atoms with van der Waals surface area (Å²) in [4.78, 5) is 8.16. The Morgan fingerprint density at radius 1 is 1.11 bits per heavy atom. The molecule has 4 nitrogen and oxygen atoms in total. The monoisotopic (exact) mass is 317 g/mol. The molecule has 0 unspecified atom stereocenters. The van der Waals surface area contributed by atoms with Crippen molar-refractivity contribution in [2.75, 3.05) is 12.4 Å². The van der Waals surface area contributed by atoms with Crippen molar-refractivity contribution in [3.8, 4) is 6.01 Å². The SMILES string of the molecule is COc1nc(Cl)c(C)c(Nc2ccc(Cl)c(Cl)c2)n1. The number of halogens is 3. The molecular weight excluding hydrogens is 309 g/mol. The number of methoxy groups -OCH3 is 1. The lowest BCUT2D eigenvalue weighted by molar-refractivity contribution is 0.380. The molecule has 19 heavy (non-hydrogen) atoms. The fourth-order valence-electron chi connectivity index (χ4n) is 1.39. The highest BCUT2D eigenvalue weighted by atomic mass is 35.5. The zero-order valence-electron chi connectivity index (χ0n) is 10.2. The number of hydrogen-bond donors (Lipinski definition) is 1. The molecule has 1 aromatic carbocycles. The van der Waals surface area contributed by atoms with Gasteiger partial charge in [0.25, 0.3) is 0 Å². The summed E-state index contributed by atoms with van der Waals surface area (Å²) in [6, 6.07) is 5.38. The fraction of sp³-hybridized carbons (Fsp3) is 0.167. The maximum atomic E-state index is 6.00. The van der Waals surface area contributed by atoms with Crippen molar-refractivity contribution in [2.24, 2.45) is 0 Å². The van der Waals surface area contributed by atoms with E-state index in [1.54, 1.807) is 18.2 Å². The smallest absolute Gasteiger partial charge is 0.319 e. The molecule has 2 rings (SSSR count). The highest BCUT2D eigenvalue weighted by Gasteiger charge is 2.10. The zero-order valence-corrected chi connectivity index (χ0v) is 12.4. The van der Waals surface area contributed by atoms with Crippen LogP contribution in [-0.4, -0.2) is 17.1 Å². The van der Waals surface area contributed by atoms with Crippen molar-refractivity contribution in [3.05, 3.63) is 39.0 Å². The summed E-state index contributed by atoms with van der Waals surface area (Å²) in [5.74, 6) is 0.551. The predicted molar refractivity (Wildman–Crippen MR) is 78.1 cm³/mol. The van der Waals surface area contributed by atoms with E-state index in [4.69, 9.17) is 39.5 Å².